The molecule has 0 aliphatic heterocycles. The molecule has 0 fully saturated rings. The van der Waals surface area contributed by atoms with Gasteiger partial charge in [0.15, 0.2) is 0 Å². The molecule has 96 valence electrons. The number of aliphatic hydroxyl groups excluding tert-OH is 1. The molecule has 1 heterocycles. The second-order valence-corrected chi connectivity index (χ2v) is 4.19. The van der Waals surface area contributed by atoms with Crippen molar-refractivity contribution in [3.8, 4) is 5.88 Å². The van der Waals surface area contributed by atoms with Crippen molar-refractivity contribution in [3.05, 3.63) is 23.9 Å². The lowest BCUT2D eigenvalue weighted by Gasteiger charge is -2.16. The average Bonchev–Trinajstić information content (AvgIpc) is 2.35. The van der Waals surface area contributed by atoms with E-state index in [1.807, 2.05) is 18.2 Å². The van der Waals surface area contributed by atoms with Crippen LogP contribution < -0.4 is 4.74 Å². The van der Waals surface area contributed by atoms with Crippen LogP contribution in [-0.2, 0) is 6.54 Å². The number of hydrogen-bond donors (Lipinski definition) is 1. The number of unbranched alkanes of at least 4 members (excludes halogenated alkanes) is 2. The Morgan fingerprint density at radius 1 is 1.29 bits per heavy atom. The summed E-state index contributed by atoms with van der Waals surface area (Å²) in [7, 11) is 3.71. The zero-order valence-electron chi connectivity index (χ0n) is 10.7. The van der Waals surface area contributed by atoms with Gasteiger partial charge >= 0.3 is 0 Å². The lowest BCUT2D eigenvalue weighted by Crippen LogP contribution is -2.19. The number of hydrogen-bond acceptors (Lipinski definition) is 4. The molecule has 0 atom stereocenters. The van der Waals surface area contributed by atoms with Gasteiger partial charge in [0.05, 0.1) is 12.8 Å². The van der Waals surface area contributed by atoms with E-state index in [9.17, 15) is 0 Å². The van der Waals surface area contributed by atoms with Gasteiger partial charge in [-0.25, -0.2) is 4.98 Å². The molecule has 4 nitrogen and oxygen atoms in total. The van der Waals surface area contributed by atoms with Crippen molar-refractivity contribution in [2.45, 2.75) is 25.8 Å². The molecule has 1 aromatic rings. The molecule has 0 amide bonds. The SMILES string of the molecule is COc1cccc(CN(C)CCCCCO)n1. The van der Waals surface area contributed by atoms with Crippen LogP contribution in [0.25, 0.3) is 0 Å². The van der Waals surface area contributed by atoms with Crippen LogP contribution in [0.1, 0.15) is 25.0 Å². The summed E-state index contributed by atoms with van der Waals surface area (Å²) in [6.07, 6.45) is 3.08. The molecular formula is C13H22N2O2. The summed E-state index contributed by atoms with van der Waals surface area (Å²) >= 11 is 0. The van der Waals surface area contributed by atoms with E-state index in [0.29, 0.717) is 12.5 Å². The van der Waals surface area contributed by atoms with Gasteiger partial charge in [-0.3, -0.25) is 0 Å². The smallest absolute Gasteiger partial charge is 0.213 e. The Labute approximate surface area is 103 Å². The summed E-state index contributed by atoms with van der Waals surface area (Å²) in [6, 6.07) is 5.82. The fourth-order valence-electron chi connectivity index (χ4n) is 1.69. The minimum Gasteiger partial charge on any atom is -0.481 e. The summed E-state index contributed by atoms with van der Waals surface area (Å²) in [5, 5.41) is 8.69. The van der Waals surface area contributed by atoms with Crippen LogP contribution in [0.4, 0.5) is 0 Å². The Hall–Kier alpha value is -1.13. The number of methoxy groups -OCH3 is 1. The van der Waals surface area contributed by atoms with Crippen molar-refractivity contribution < 1.29 is 9.84 Å². The molecule has 0 saturated carbocycles. The van der Waals surface area contributed by atoms with Crippen molar-refractivity contribution in [3.63, 3.8) is 0 Å². The van der Waals surface area contributed by atoms with Crippen LogP contribution in [-0.4, -0.2) is 42.3 Å². The van der Waals surface area contributed by atoms with Crippen molar-refractivity contribution in [1.29, 1.82) is 0 Å². The molecule has 0 aliphatic rings. The number of aromatic nitrogens is 1. The van der Waals surface area contributed by atoms with Gasteiger partial charge in [-0.05, 0) is 38.9 Å². The second kappa shape index (κ2) is 8.03. The first kappa shape index (κ1) is 13.9. The van der Waals surface area contributed by atoms with Crippen LogP contribution >= 0.6 is 0 Å². The fourth-order valence-corrected chi connectivity index (χ4v) is 1.69. The maximum atomic E-state index is 8.69. The monoisotopic (exact) mass is 238 g/mol. The van der Waals surface area contributed by atoms with E-state index in [1.165, 1.54) is 0 Å². The summed E-state index contributed by atoms with van der Waals surface area (Å²) in [4.78, 5) is 6.61. The highest BCUT2D eigenvalue weighted by atomic mass is 16.5. The lowest BCUT2D eigenvalue weighted by atomic mass is 10.2. The quantitative estimate of drug-likeness (QED) is 0.700. The lowest BCUT2D eigenvalue weighted by molar-refractivity contribution is 0.270. The second-order valence-electron chi connectivity index (χ2n) is 4.19. The van der Waals surface area contributed by atoms with E-state index in [0.717, 1.165) is 38.0 Å². The number of ether oxygens (including phenoxy) is 1. The number of nitrogens with zero attached hydrogens (tertiary/aromatic N) is 2. The van der Waals surface area contributed by atoms with Crippen molar-refractivity contribution >= 4 is 0 Å². The number of rotatable bonds is 8. The Morgan fingerprint density at radius 2 is 2.12 bits per heavy atom. The summed E-state index contributed by atoms with van der Waals surface area (Å²) in [5.74, 6) is 0.663. The molecule has 1 rings (SSSR count). The molecular weight excluding hydrogens is 216 g/mol. The van der Waals surface area contributed by atoms with E-state index in [-0.39, 0.29) is 0 Å². The normalized spacial score (nSPS) is 10.8. The van der Waals surface area contributed by atoms with E-state index in [4.69, 9.17) is 9.84 Å². The third-order valence-electron chi connectivity index (χ3n) is 2.62. The van der Waals surface area contributed by atoms with E-state index in [2.05, 4.69) is 16.9 Å². The fraction of sp³-hybridized carbons (Fsp3) is 0.615. The maximum Gasteiger partial charge on any atom is 0.213 e. The zero-order chi connectivity index (χ0) is 12.5. The highest BCUT2D eigenvalue weighted by Crippen LogP contribution is 2.08. The highest BCUT2D eigenvalue weighted by molar-refractivity contribution is 5.15. The predicted octanol–water partition coefficient (Wildman–Crippen LogP) is 1.68. The molecule has 0 radical (unpaired) electrons. The molecule has 1 aromatic heterocycles. The van der Waals surface area contributed by atoms with Crippen LogP contribution in [0.5, 0.6) is 5.88 Å². The topological polar surface area (TPSA) is 45.6 Å². The van der Waals surface area contributed by atoms with Gasteiger partial charge < -0.3 is 14.7 Å². The molecule has 17 heavy (non-hydrogen) atoms. The minimum absolute atomic E-state index is 0.293. The van der Waals surface area contributed by atoms with Crippen LogP contribution in [0.15, 0.2) is 18.2 Å². The number of pyridine rings is 1. The summed E-state index contributed by atoms with van der Waals surface area (Å²) < 4.78 is 5.09. The van der Waals surface area contributed by atoms with E-state index < -0.39 is 0 Å². The van der Waals surface area contributed by atoms with Gasteiger partial charge in [0.2, 0.25) is 5.88 Å². The van der Waals surface area contributed by atoms with Gasteiger partial charge in [0.1, 0.15) is 0 Å². The molecule has 4 heteroatoms. The van der Waals surface area contributed by atoms with E-state index in [1.54, 1.807) is 7.11 Å². The van der Waals surface area contributed by atoms with E-state index >= 15 is 0 Å². The first-order valence-electron chi connectivity index (χ1n) is 6.05. The van der Waals surface area contributed by atoms with Crippen molar-refractivity contribution in [1.82, 2.24) is 9.88 Å². The predicted molar refractivity (Wildman–Crippen MR) is 68.1 cm³/mol. The maximum absolute atomic E-state index is 8.69. The third kappa shape index (κ3) is 5.65. The standard InChI is InChI=1S/C13H22N2O2/c1-15(9-4-3-5-10-16)11-12-7-6-8-13(14-12)17-2/h6-8,16H,3-5,9-11H2,1-2H3. The van der Waals surface area contributed by atoms with Crippen molar-refractivity contribution in [2.24, 2.45) is 0 Å². The molecule has 0 aliphatic carbocycles. The Kier molecular flexibility index (Phi) is 6.58. The van der Waals surface area contributed by atoms with Crippen molar-refractivity contribution in [2.75, 3.05) is 27.3 Å². The average molecular weight is 238 g/mol. The number of aliphatic hydroxyl groups is 1. The summed E-state index contributed by atoms with van der Waals surface area (Å²) in [6.45, 7) is 2.15. The van der Waals surface area contributed by atoms with Gasteiger partial charge in [0, 0.05) is 19.2 Å². The van der Waals surface area contributed by atoms with Crippen LogP contribution in [0.2, 0.25) is 0 Å². The van der Waals surface area contributed by atoms with Gasteiger partial charge in [-0.1, -0.05) is 6.07 Å². The third-order valence-corrected chi connectivity index (χ3v) is 2.62. The van der Waals surface area contributed by atoms with Crippen LogP contribution in [0.3, 0.4) is 0 Å². The first-order valence-corrected chi connectivity index (χ1v) is 6.05. The highest BCUT2D eigenvalue weighted by Gasteiger charge is 2.02. The largest absolute Gasteiger partial charge is 0.481 e. The molecule has 0 saturated heterocycles. The molecule has 0 aromatic carbocycles. The Balaban J connectivity index is 2.31. The minimum atomic E-state index is 0.293. The molecule has 0 bridgehead atoms. The first-order chi connectivity index (χ1) is 8.26. The molecule has 0 unspecified atom stereocenters. The molecule has 1 N–H and O–H groups in total. The summed E-state index contributed by atoms with van der Waals surface area (Å²) in [5.41, 5.74) is 1.02. The van der Waals surface area contributed by atoms with Gasteiger partial charge in [-0.15, -0.1) is 0 Å². The zero-order valence-corrected chi connectivity index (χ0v) is 10.7. The van der Waals surface area contributed by atoms with Gasteiger partial charge in [-0.2, -0.15) is 0 Å². The Bertz CT molecular complexity index is 318. The van der Waals surface area contributed by atoms with Gasteiger partial charge in [0.25, 0.3) is 0 Å². The molecule has 0 spiro atoms. The Morgan fingerprint density at radius 3 is 2.82 bits per heavy atom. The van der Waals surface area contributed by atoms with Crippen LogP contribution in [0, 0.1) is 0 Å².